The first-order valence-corrected chi connectivity index (χ1v) is 18.5. The van der Waals surface area contributed by atoms with Gasteiger partial charge in [0.2, 0.25) is 0 Å². The van der Waals surface area contributed by atoms with Crippen LogP contribution in [0.5, 0.6) is 0 Å². The average molecular weight is 675 g/mol. The van der Waals surface area contributed by atoms with Crippen molar-refractivity contribution in [3.63, 3.8) is 0 Å². The first-order chi connectivity index (χ1) is 25.5. The van der Waals surface area contributed by atoms with Gasteiger partial charge in [-0.3, -0.25) is 0 Å². The van der Waals surface area contributed by atoms with Gasteiger partial charge in [0.1, 0.15) is 0 Å². The van der Waals surface area contributed by atoms with E-state index in [2.05, 4.69) is 185 Å². The third kappa shape index (κ3) is 5.38. The summed E-state index contributed by atoms with van der Waals surface area (Å²) in [6, 6.07) is 57.0. The predicted molar refractivity (Wildman–Crippen MR) is 216 cm³/mol. The van der Waals surface area contributed by atoms with Crippen molar-refractivity contribution in [3.05, 3.63) is 176 Å². The van der Waals surface area contributed by atoms with Crippen LogP contribution in [0.1, 0.15) is 45.1 Å². The Balaban J connectivity index is 1.03. The number of hydrogen-bond donors (Lipinski definition) is 0. The molecule has 1 aliphatic carbocycles. The van der Waals surface area contributed by atoms with Crippen LogP contribution in [0.3, 0.4) is 0 Å². The minimum Gasteiger partial charge on any atom is -0.334 e. The number of rotatable bonds is 7. The zero-order chi connectivity index (χ0) is 35.1. The quantitative estimate of drug-likeness (QED) is 0.168. The van der Waals surface area contributed by atoms with Crippen LogP contribution in [0, 0.1) is 0 Å². The van der Waals surface area contributed by atoms with Crippen LogP contribution < -0.4 is 9.80 Å². The van der Waals surface area contributed by atoms with E-state index in [4.69, 9.17) is 0 Å². The van der Waals surface area contributed by atoms with Crippen molar-refractivity contribution in [1.82, 2.24) is 9.97 Å². The molecule has 0 bridgehead atoms. The molecule has 0 amide bonds. The van der Waals surface area contributed by atoms with Crippen LogP contribution in [0.15, 0.2) is 170 Å². The Hall–Kier alpha value is -6.00. The number of benzene rings is 6. The average Bonchev–Trinajstić information content (AvgIpc) is 3.43. The molecule has 0 saturated heterocycles. The maximum absolute atomic E-state index is 4.45. The molecule has 4 heteroatoms. The Bertz CT molecular complexity index is 2220. The molecular weight excluding hydrogens is 633 g/mol. The first-order valence-electron chi connectivity index (χ1n) is 18.5. The molecule has 2 atom stereocenters. The Morgan fingerprint density at radius 3 is 1.56 bits per heavy atom. The van der Waals surface area contributed by atoms with Crippen LogP contribution in [-0.2, 0) is 5.41 Å². The van der Waals surface area contributed by atoms with E-state index in [1.807, 2.05) is 6.07 Å². The number of anilines is 5. The van der Waals surface area contributed by atoms with E-state index in [1.165, 1.54) is 64.9 Å². The fourth-order valence-electron chi connectivity index (χ4n) is 8.80. The summed E-state index contributed by atoms with van der Waals surface area (Å²) in [7, 11) is 0. The molecule has 2 aliphatic rings. The highest BCUT2D eigenvalue weighted by atomic mass is 15.3. The van der Waals surface area contributed by atoms with Crippen molar-refractivity contribution in [3.8, 4) is 33.6 Å². The highest BCUT2D eigenvalue weighted by Crippen LogP contribution is 2.60. The number of aromatic nitrogens is 2. The Kier molecular flexibility index (Phi) is 7.96. The molecule has 1 aromatic heterocycles. The van der Waals surface area contributed by atoms with Gasteiger partial charge >= 0.3 is 0 Å². The monoisotopic (exact) mass is 674 g/mol. The summed E-state index contributed by atoms with van der Waals surface area (Å²) >= 11 is 0. The highest BCUT2D eigenvalue weighted by molar-refractivity contribution is 5.82. The minimum absolute atomic E-state index is 0.0627. The SMILES string of the molecule is CC12CCCCC1(C)N(c1ccc(-c3ccc(N(c4ccc(-c5ccccc5)cc4)c4ccc(-c5ncccn5)cc4)cc3)cc1)c1ccccc12. The van der Waals surface area contributed by atoms with Gasteiger partial charge < -0.3 is 9.80 Å². The molecule has 2 unspecified atom stereocenters. The first kappa shape index (κ1) is 31.9. The summed E-state index contributed by atoms with van der Waals surface area (Å²) < 4.78 is 0. The Morgan fingerprint density at radius 2 is 0.962 bits per heavy atom. The Labute approximate surface area is 307 Å². The lowest BCUT2D eigenvalue weighted by Crippen LogP contribution is -2.54. The lowest BCUT2D eigenvalue weighted by molar-refractivity contribution is 0.195. The van der Waals surface area contributed by atoms with Gasteiger partial charge in [0.05, 0.1) is 5.54 Å². The number of fused-ring (bicyclic) bond motifs is 3. The topological polar surface area (TPSA) is 32.3 Å². The van der Waals surface area contributed by atoms with Crippen LogP contribution >= 0.6 is 0 Å². The van der Waals surface area contributed by atoms with Gasteiger partial charge in [-0.1, -0.05) is 105 Å². The molecule has 1 aliphatic heterocycles. The molecule has 9 rings (SSSR count). The molecule has 2 heterocycles. The molecule has 1 fully saturated rings. The van der Waals surface area contributed by atoms with Crippen molar-refractivity contribution in [2.45, 2.75) is 50.5 Å². The van der Waals surface area contributed by atoms with Crippen molar-refractivity contribution < 1.29 is 0 Å². The summed E-state index contributed by atoms with van der Waals surface area (Å²) in [5.74, 6) is 0.721. The molecule has 6 aromatic carbocycles. The molecule has 0 spiro atoms. The Morgan fingerprint density at radius 1 is 0.481 bits per heavy atom. The second-order valence-corrected chi connectivity index (χ2v) is 14.6. The number of nitrogens with zero attached hydrogens (tertiary/aromatic N) is 4. The smallest absolute Gasteiger partial charge is 0.159 e. The molecule has 7 aromatic rings. The summed E-state index contributed by atoms with van der Waals surface area (Å²) in [4.78, 5) is 13.9. The molecule has 0 N–H and O–H groups in total. The molecule has 4 nitrogen and oxygen atoms in total. The third-order valence-electron chi connectivity index (χ3n) is 11.8. The minimum atomic E-state index is 0.0627. The van der Waals surface area contributed by atoms with Gasteiger partial charge in [-0.15, -0.1) is 0 Å². The highest BCUT2D eigenvalue weighted by Gasteiger charge is 2.57. The van der Waals surface area contributed by atoms with Crippen LogP contribution in [0.4, 0.5) is 28.4 Å². The van der Waals surface area contributed by atoms with E-state index in [-0.39, 0.29) is 11.0 Å². The maximum Gasteiger partial charge on any atom is 0.159 e. The second-order valence-electron chi connectivity index (χ2n) is 14.6. The van der Waals surface area contributed by atoms with Crippen molar-refractivity contribution >= 4 is 28.4 Å². The standard InChI is InChI=1S/C48H42N4/c1-47-31-8-9-32-48(47,2)52(45-14-7-6-13-44(45)47)43-29-19-38(20-30-43)37-17-25-41(26-18-37)51(40-23-15-36(16-24-40)35-11-4-3-5-12-35)42-27-21-39(22-28-42)46-49-33-10-34-50-46/h3-7,10-30,33-34H,8-9,31-32H2,1-2H3. The van der Waals surface area contributed by atoms with Gasteiger partial charge in [0, 0.05) is 51.8 Å². The van der Waals surface area contributed by atoms with Gasteiger partial charge in [-0.25, -0.2) is 9.97 Å². The molecule has 52 heavy (non-hydrogen) atoms. The van der Waals surface area contributed by atoms with Crippen LogP contribution in [-0.4, -0.2) is 15.5 Å². The second kappa shape index (κ2) is 13.0. The van der Waals surface area contributed by atoms with Crippen LogP contribution in [0.25, 0.3) is 33.6 Å². The van der Waals surface area contributed by atoms with Gasteiger partial charge in [0.25, 0.3) is 0 Å². The normalized spacial score (nSPS) is 19.2. The zero-order valence-corrected chi connectivity index (χ0v) is 29.8. The number of para-hydroxylation sites is 1. The van der Waals surface area contributed by atoms with E-state index in [9.17, 15) is 0 Å². The fraction of sp³-hybridized carbons (Fsp3) is 0.167. The molecule has 1 saturated carbocycles. The van der Waals surface area contributed by atoms with E-state index in [0.717, 1.165) is 28.5 Å². The van der Waals surface area contributed by atoms with Crippen molar-refractivity contribution in [1.29, 1.82) is 0 Å². The summed E-state index contributed by atoms with van der Waals surface area (Å²) in [5.41, 5.74) is 13.4. The third-order valence-corrected chi connectivity index (χ3v) is 11.8. The van der Waals surface area contributed by atoms with Gasteiger partial charge in [-0.05, 0) is 120 Å². The van der Waals surface area contributed by atoms with E-state index >= 15 is 0 Å². The van der Waals surface area contributed by atoms with Gasteiger partial charge in [-0.2, -0.15) is 0 Å². The lowest BCUT2D eigenvalue weighted by Gasteiger charge is -2.50. The van der Waals surface area contributed by atoms with Crippen molar-refractivity contribution in [2.24, 2.45) is 0 Å². The predicted octanol–water partition coefficient (Wildman–Crippen LogP) is 12.7. The van der Waals surface area contributed by atoms with Crippen molar-refractivity contribution in [2.75, 3.05) is 9.80 Å². The zero-order valence-electron chi connectivity index (χ0n) is 29.8. The largest absolute Gasteiger partial charge is 0.334 e. The number of hydrogen-bond acceptors (Lipinski definition) is 4. The van der Waals surface area contributed by atoms with Gasteiger partial charge in [0.15, 0.2) is 5.82 Å². The summed E-state index contributed by atoms with van der Waals surface area (Å²) in [6.07, 6.45) is 8.58. The van der Waals surface area contributed by atoms with E-state index in [1.54, 1.807) is 12.4 Å². The summed E-state index contributed by atoms with van der Waals surface area (Å²) in [5, 5.41) is 0. The molecule has 254 valence electrons. The lowest BCUT2D eigenvalue weighted by atomic mass is 9.61. The van der Waals surface area contributed by atoms with E-state index in [0.29, 0.717) is 0 Å². The van der Waals surface area contributed by atoms with E-state index < -0.39 is 0 Å². The van der Waals surface area contributed by atoms with Crippen LogP contribution in [0.2, 0.25) is 0 Å². The molecule has 0 radical (unpaired) electrons. The molecular formula is C48H42N4. The fourth-order valence-corrected chi connectivity index (χ4v) is 8.80. The maximum atomic E-state index is 4.45. The summed E-state index contributed by atoms with van der Waals surface area (Å²) in [6.45, 7) is 4.98.